The minimum atomic E-state index is 0.159. The zero-order valence-corrected chi connectivity index (χ0v) is 12.7. The van der Waals surface area contributed by atoms with Crippen molar-refractivity contribution in [1.82, 2.24) is 10.3 Å². The van der Waals surface area contributed by atoms with Gasteiger partial charge in [-0.25, -0.2) is 4.98 Å². The van der Waals surface area contributed by atoms with Crippen LogP contribution in [-0.2, 0) is 6.54 Å². The van der Waals surface area contributed by atoms with Crippen molar-refractivity contribution in [2.45, 2.75) is 59.7 Å². The van der Waals surface area contributed by atoms with Gasteiger partial charge in [-0.05, 0) is 41.5 Å². The zero-order valence-electron chi connectivity index (χ0n) is 11.9. The van der Waals surface area contributed by atoms with Crippen molar-refractivity contribution >= 4 is 16.5 Å². The lowest BCUT2D eigenvalue weighted by Gasteiger charge is -2.24. The third kappa shape index (κ3) is 4.64. The Bertz CT molecular complexity index is 339. The minimum Gasteiger partial charge on any atom is -0.346 e. The monoisotopic (exact) mass is 255 g/mol. The Balaban J connectivity index is 2.64. The topological polar surface area (TPSA) is 28.2 Å². The van der Waals surface area contributed by atoms with Gasteiger partial charge in [0.1, 0.15) is 0 Å². The van der Waals surface area contributed by atoms with Gasteiger partial charge in [0, 0.05) is 35.7 Å². The van der Waals surface area contributed by atoms with Crippen molar-refractivity contribution < 1.29 is 0 Å². The van der Waals surface area contributed by atoms with Crippen molar-refractivity contribution in [3.63, 3.8) is 0 Å². The van der Waals surface area contributed by atoms with Crippen molar-refractivity contribution in [3.8, 4) is 0 Å². The van der Waals surface area contributed by atoms with Crippen LogP contribution in [0.15, 0.2) is 6.20 Å². The molecule has 0 atom stereocenters. The summed E-state index contributed by atoms with van der Waals surface area (Å²) in [6.45, 7) is 15.0. The first-order valence-corrected chi connectivity index (χ1v) is 7.11. The molecule has 0 aliphatic carbocycles. The molecule has 0 aromatic carbocycles. The highest BCUT2D eigenvalue weighted by molar-refractivity contribution is 7.15. The second-order valence-electron chi connectivity index (χ2n) is 5.59. The fourth-order valence-electron chi connectivity index (χ4n) is 1.59. The van der Waals surface area contributed by atoms with E-state index in [4.69, 9.17) is 0 Å². The zero-order chi connectivity index (χ0) is 13.1. The molecule has 0 unspecified atom stereocenters. The summed E-state index contributed by atoms with van der Waals surface area (Å²) in [5.41, 5.74) is 0.159. The smallest absolute Gasteiger partial charge is 0.185 e. The third-order valence-corrected chi connectivity index (χ3v) is 3.58. The number of anilines is 1. The molecule has 0 aliphatic rings. The fourth-order valence-corrected chi connectivity index (χ4v) is 2.63. The summed E-state index contributed by atoms with van der Waals surface area (Å²) < 4.78 is 0. The highest BCUT2D eigenvalue weighted by Crippen LogP contribution is 2.24. The Morgan fingerprint density at radius 1 is 1.41 bits per heavy atom. The van der Waals surface area contributed by atoms with E-state index in [-0.39, 0.29) is 5.54 Å². The summed E-state index contributed by atoms with van der Waals surface area (Å²) in [6.07, 6.45) is 1.99. The van der Waals surface area contributed by atoms with E-state index in [9.17, 15) is 0 Å². The summed E-state index contributed by atoms with van der Waals surface area (Å²) in [5, 5.41) is 4.62. The Morgan fingerprint density at radius 3 is 2.53 bits per heavy atom. The lowest BCUT2D eigenvalue weighted by molar-refractivity contribution is 0.426. The number of aromatic nitrogens is 1. The number of hydrogen-bond donors (Lipinski definition) is 1. The maximum Gasteiger partial charge on any atom is 0.185 e. The van der Waals surface area contributed by atoms with Crippen LogP contribution in [-0.4, -0.2) is 23.1 Å². The van der Waals surface area contributed by atoms with Gasteiger partial charge in [0.2, 0.25) is 0 Å². The summed E-state index contributed by atoms with van der Waals surface area (Å²) in [6, 6.07) is 0.509. The molecule has 0 amide bonds. The highest BCUT2D eigenvalue weighted by Gasteiger charge is 2.14. The van der Waals surface area contributed by atoms with Crippen molar-refractivity contribution in [2.75, 3.05) is 11.4 Å². The molecule has 0 fully saturated rings. The van der Waals surface area contributed by atoms with E-state index in [1.54, 1.807) is 11.3 Å². The van der Waals surface area contributed by atoms with Gasteiger partial charge in [-0.1, -0.05) is 0 Å². The molecule has 0 aliphatic heterocycles. The van der Waals surface area contributed by atoms with Crippen LogP contribution in [0.5, 0.6) is 0 Å². The molecule has 1 aromatic heterocycles. The first-order valence-electron chi connectivity index (χ1n) is 6.30. The number of nitrogens with one attached hydrogen (secondary N) is 1. The van der Waals surface area contributed by atoms with Crippen molar-refractivity contribution in [3.05, 3.63) is 11.1 Å². The Hall–Kier alpha value is -0.610. The van der Waals surface area contributed by atoms with Crippen LogP contribution in [0, 0.1) is 0 Å². The van der Waals surface area contributed by atoms with Gasteiger partial charge in [-0.3, -0.25) is 0 Å². The molecule has 0 saturated carbocycles. The average Bonchev–Trinajstić information content (AvgIpc) is 2.63. The van der Waals surface area contributed by atoms with E-state index in [2.05, 4.69) is 56.7 Å². The number of nitrogens with zero attached hydrogens (tertiary/aromatic N) is 2. The molecule has 1 N–H and O–H groups in total. The van der Waals surface area contributed by atoms with Crippen LogP contribution in [0.25, 0.3) is 0 Å². The molecule has 3 nitrogen and oxygen atoms in total. The molecule has 1 rings (SSSR count). The van der Waals surface area contributed by atoms with Crippen LogP contribution in [0.4, 0.5) is 5.13 Å². The van der Waals surface area contributed by atoms with Gasteiger partial charge in [-0.15, -0.1) is 11.3 Å². The average molecular weight is 255 g/mol. The van der Waals surface area contributed by atoms with Gasteiger partial charge >= 0.3 is 0 Å². The van der Waals surface area contributed by atoms with Crippen LogP contribution in [0.2, 0.25) is 0 Å². The summed E-state index contributed by atoms with van der Waals surface area (Å²) in [5.74, 6) is 0. The molecule has 1 aromatic rings. The van der Waals surface area contributed by atoms with E-state index in [0.717, 1.165) is 18.2 Å². The molecule has 0 radical (unpaired) electrons. The second-order valence-corrected chi connectivity index (χ2v) is 6.69. The lowest BCUT2D eigenvalue weighted by atomic mass is 10.1. The number of hydrogen-bond acceptors (Lipinski definition) is 4. The van der Waals surface area contributed by atoms with Crippen molar-refractivity contribution in [1.29, 1.82) is 0 Å². The van der Waals surface area contributed by atoms with E-state index >= 15 is 0 Å². The number of rotatable bonds is 5. The molecule has 4 heteroatoms. The SMILES string of the molecule is CCN(c1ncc(CNC(C)(C)C)s1)C(C)C. The van der Waals surface area contributed by atoms with Crippen LogP contribution < -0.4 is 10.2 Å². The molecule has 98 valence electrons. The predicted molar refractivity (Wildman–Crippen MR) is 76.9 cm³/mol. The summed E-state index contributed by atoms with van der Waals surface area (Å²) in [4.78, 5) is 8.14. The van der Waals surface area contributed by atoms with Crippen LogP contribution in [0.1, 0.15) is 46.4 Å². The predicted octanol–water partition coefficient (Wildman–Crippen LogP) is 3.27. The van der Waals surface area contributed by atoms with E-state index in [1.165, 1.54) is 4.88 Å². The summed E-state index contributed by atoms with van der Waals surface area (Å²) >= 11 is 1.79. The lowest BCUT2D eigenvalue weighted by Crippen LogP contribution is -2.34. The molecular formula is C13H25N3S. The first kappa shape index (κ1) is 14.5. The van der Waals surface area contributed by atoms with Crippen LogP contribution >= 0.6 is 11.3 Å². The Morgan fingerprint density at radius 2 is 2.06 bits per heavy atom. The number of thiazole rings is 1. The largest absolute Gasteiger partial charge is 0.346 e. The van der Waals surface area contributed by atoms with E-state index in [1.807, 2.05) is 6.20 Å². The molecular weight excluding hydrogens is 230 g/mol. The maximum absolute atomic E-state index is 4.51. The van der Waals surface area contributed by atoms with Gasteiger partial charge in [0.15, 0.2) is 5.13 Å². The normalized spacial score (nSPS) is 12.2. The van der Waals surface area contributed by atoms with Gasteiger partial charge in [-0.2, -0.15) is 0 Å². The van der Waals surface area contributed by atoms with Gasteiger partial charge in [0.25, 0.3) is 0 Å². The molecule has 0 saturated heterocycles. The van der Waals surface area contributed by atoms with Gasteiger partial charge in [0.05, 0.1) is 0 Å². The van der Waals surface area contributed by atoms with Crippen LogP contribution in [0.3, 0.4) is 0 Å². The Labute approximate surface area is 109 Å². The first-order chi connectivity index (χ1) is 7.83. The quantitative estimate of drug-likeness (QED) is 0.875. The molecule has 0 spiro atoms. The van der Waals surface area contributed by atoms with E-state index in [0.29, 0.717) is 6.04 Å². The molecule has 1 heterocycles. The van der Waals surface area contributed by atoms with Crippen molar-refractivity contribution in [2.24, 2.45) is 0 Å². The van der Waals surface area contributed by atoms with E-state index < -0.39 is 0 Å². The highest BCUT2D eigenvalue weighted by atomic mass is 32.1. The minimum absolute atomic E-state index is 0.159. The fraction of sp³-hybridized carbons (Fsp3) is 0.769. The Kier molecular flexibility index (Phi) is 4.95. The molecule has 0 bridgehead atoms. The second kappa shape index (κ2) is 5.83. The third-order valence-electron chi connectivity index (χ3n) is 2.54. The maximum atomic E-state index is 4.51. The standard InChI is InChI=1S/C13H25N3S/c1-7-16(10(2)3)12-14-8-11(17-12)9-15-13(4,5)6/h8,10,15H,7,9H2,1-6H3. The van der Waals surface area contributed by atoms with Gasteiger partial charge < -0.3 is 10.2 Å². The summed E-state index contributed by atoms with van der Waals surface area (Å²) in [7, 11) is 0. The molecule has 17 heavy (non-hydrogen) atoms.